The van der Waals surface area contributed by atoms with Gasteiger partial charge in [0.1, 0.15) is 13.2 Å². The van der Waals surface area contributed by atoms with Crippen LogP contribution in [0.3, 0.4) is 0 Å². The molecule has 3 unspecified atom stereocenters. The molecule has 3 atom stereocenters. The standard InChI is InChI=1S/C52H99N2O6P/c1-6-8-10-12-14-16-18-20-22-24-26-28-29-31-33-35-37-39-41-43-45-51(55)50(49-60-61(57,58)59-48-47-54(3,4)5)53-52(56)46-44-42-40-38-36-34-32-30-27-25-23-21-19-17-15-13-11-9-7-2/h21,23,28-29,35,37,43,45,50-51,55H,6-20,22,24-27,30-34,36,38-42,44,46-49H2,1-5H3,(H-,53,56,57,58)/p+1/b23-21-,29-28+,37-35+,45-43+. The molecule has 3 N–H and O–H groups in total. The molecule has 0 saturated heterocycles. The van der Waals surface area contributed by atoms with E-state index in [1.165, 1.54) is 161 Å². The summed E-state index contributed by atoms with van der Waals surface area (Å²) < 4.78 is 23.6. The van der Waals surface area contributed by atoms with Gasteiger partial charge in [0, 0.05) is 6.42 Å². The van der Waals surface area contributed by atoms with Crippen molar-refractivity contribution in [3.8, 4) is 0 Å². The summed E-state index contributed by atoms with van der Waals surface area (Å²) in [6, 6.07) is -0.871. The number of likely N-dealkylation sites (N-methyl/N-ethyl adjacent to an activating group) is 1. The lowest BCUT2D eigenvalue weighted by Gasteiger charge is -2.25. The highest BCUT2D eigenvalue weighted by atomic mass is 31.2. The Kier molecular flexibility index (Phi) is 42.6. The molecule has 0 heterocycles. The van der Waals surface area contributed by atoms with E-state index in [2.05, 4.69) is 55.6 Å². The molecule has 358 valence electrons. The molecule has 0 rings (SSSR count). The van der Waals surface area contributed by atoms with Crippen LogP contribution in [0.4, 0.5) is 0 Å². The van der Waals surface area contributed by atoms with Crippen LogP contribution in [-0.4, -0.2) is 73.4 Å². The van der Waals surface area contributed by atoms with E-state index in [9.17, 15) is 19.4 Å². The topological polar surface area (TPSA) is 105 Å². The Morgan fingerprint density at radius 2 is 0.902 bits per heavy atom. The number of nitrogens with zero attached hydrogens (tertiary/aromatic N) is 1. The molecule has 8 nitrogen and oxygen atoms in total. The minimum absolute atomic E-state index is 0.0525. The first kappa shape index (κ1) is 59.5. The quantitative estimate of drug-likeness (QED) is 0.0243. The molecule has 0 fully saturated rings. The van der Waals surface area contributed by atoms with Crippen LogP contribution in [0.5, 0.6) is 0 Å². The van der Waals surface area contributed by atoms with E-state index in [1.807, 2.05) is 27.2 Å². The summed E-state index contributed by atoms with van der Waals surface area (Å²) in [7, 11) is 1.54. The van der Waals surface area contributed by atoms with E-state index >= 15 is 0 Å². The molecular formula is C52H100N2O6P+. The molecule has 9 heteroatoms. The number of aliphatic hydroxyl groups excluding tert-OH is 1. The molecule has 0 radical (unpaired) electrons. The lowest BCUT2D eigenvalue weighted by atomic mass is 10.0. The average molecular weight is 880 g/mol. The number of phosphoric ester groups is 1. The molecule has 0 aliphatic carbocycles. The van der Waals surface area contributed by atoms with Crippen LogP contribution >= 0.6 is 7.82 Å². The van der Waals surface area contributed by atoms with Gasteiger partial charge in [-0.2, -0.15) is 0 Å². The maximum atomic E-state index is 12.9. The predicted octanol–water partition coefficient (Wildman–Crippen LogP) is 14.8. The maximum Gasteiger partial charge on any atom is 0.472 e. The molecule has 0 aromatic heterocycles. The van der Waals surface area contributed by atoms with Gasteiger partial charge >= 0.3 is 7.82 Å². The minimum Gasteiger partial charge on any atom is -0.387 e. The van der Waals surface area contributed by atoms with Gasteiger partial charge < -0.3 is 19.8 Å². The van der Waals surface area contributed by atoms with Gasteiger partial charge in [0.15, 0.2) is 0 Å². The van der Waals surface area contributed by atoms with E-state index in [0.29, 0.717) is 17.4 Å². The summed E-state index contributed by atoms with van der Waals surface area (Å²) in [4.78, 5) is 23.2. The number of aliphatic hydroxyl groups is 1. The fraction of sp³-hybridized carbons (Fsp3) is 0.827. The second-order valence-corrected chi connectivity index (χ2v) is 20.0. The van der Waals surface area contributed by atoms with Gasteiger partial charge in [-0.3, -0.25) is 13.8 Å². The lowest BCUT2D eigenvalue weighted by Crippen LogP contribution is -2.45. The molecule has 0 aliphatic rings. The molecule has 61 heavy (non-hydrogen) atoms. The van der Waals surface area contributed by atoms with Gasteiger partial charge in [0.25, 0.3) is 0 Å². The number of unbranched alkanes of at least 4 members (excludes halogenated alkanes) is 27. The summed E-state index contributed by atoms with van der Waals surface area (Å²) in [5.41, 5.74) is 0. The van der Waals surface area contributed by atoms with Crippen LogP contribution in [0.25, 0.3) is 0 Å². The van der Waals surface area contributed by atoms with Crippen molar-refractivity contribution in [1.82, 2.24) is 5.32 Å². The monoisotopic (exact) mass is 880 g/mol. The third-order valence-corrected chi connectivity index (χ3v) is 12.2. The van der Waals surface area contributed by atoms with Gasteiger partial charge in [0.2, 0.25) is 5.91 Å². The van der Waals surface area contributed by atoms with Crippen molar-refractivity contribution in [1.29, 1.82) is 0 Å². The minimum atomic E-state index is -4.35. The number of carbonyl (C=O) groups excluding carboxylic acids is 1. The SMILES string of the molecule is CCCCCCCC/C=C\CCCCCCCCCCCC(=O)NC(COP(=O)(O)OCC[N+](C)(C)C)C(O)/C=C/CC/C=C/CC/C=C/CCCCCCCCCCCC. The Balaban J connectivity index is 4.40. The Hall–Kier alpha value is -1.54. The predicted molar refractivity (Wildman–Crippen MR) is 263 cm³/mol. The molecule has 0 aromatic carbocycles. The van der Waals surface area contributed by atoms with E-state index in [4.69, 9.17) is 9.05 Å². The Labute approximate surface area is 378 Å². The van der Waals surface area contributed by atoms with Crippen LogP contribution < -0.4 is 5.32 Å². The summed E-state index contributed by atoms with van der Waals surface area (Å²) in [6.45, 7) is 4.79. The van der Waals surface area contributed by atoms with Gasteiger partial charge in [-0.25, -0.2) is 4.57 Å². The zero-order valence-corrected chi connectivity index (χ0v) is 41.5. The molecule has 0 spiro atoms. The van der Waals surface area contributed by atoms with Crippen molar-refractivity contribution in [3.63, 3.8) is 0 Å². The van der Waals surface area contributed by atoms with E-state index in [1.54, 1.807) is 6.08 Å². The van der Waals surface area contributed by atoms with Crippen LogP contribution in [0.2, 0.25) is 0 Å². The highest BCUT2D eigenvalue weighted by Gasteiger charge is 2.27. The van der Waals surface area contributed by atoms with Crippen molar-refractivity contribution in [3.05, 3.63) is 48.6 Å². The number of carbonyl (C=O) groups is 1. The van der Waals surface area contributed by atoms with Crippen molar-refractivity contribution < 1.29 is 32.9 Å². The third kappa shape index (κ3) is 46.3. The van der Waals surface area contributed by atoms with Crippen molar-refractivity contribution >= 4 is 13.7 Å². The number of hydrogen-bond acceptors (Lipinski definition) is 5. The van der Waals surface area contributed by atoms with Gasteiger partial charge in [0.05, 0.1) is 39.9 Å². The Morgan fingerprint density at radius 3 is 1.31 bits per heavy atom. The van der Waals surface area contributed by atoms with E-state index in [-0.39, 0.29) is 19.1 Å². The second kappa shape index (κ2) is 43.7. The molecule has 1 amide bonds. The highest BCUT2D eigenvalue weighted by Crippen LogP contribution is 2.43. The molecular weight excluding hydrogens is 780 g/mol. The summed E-state index contributed by atoms with van der Waals surface area (Å²) in [5.74, 6) is -0.193. The Bertz CT molecular complexity index is 1130. The number of nitrogens with one attached hydrogen (secondary N) is 1. The van der Waals surface area contributed by atoms with Crippen molar-refractivity contribution in [2.75, 3.05) is 40.9 Å². The smallest absolute Gasteiger partial charge is 0.387 e. The summed E-state index contributed by atoms with van der Waals surface area (Å²) in [6.07, 6.45) is 56.2. The van der Waals surface area contributed by atoms with Crippen LogP contribution in [0.15, 0.2) is 48.6 Å². The Morgan fingerprint density at radius 1 is 0.541 bits per heavy atom. The number of rotatable bonds is 46. The number of amides is 1. The molecule has 0 saturated carbocycles. The number of quaternary nitrogens is 1. The van der Waals surface area contributed by atoms with E-state index < -0.39 is 20.0 Å². The van der Waals surface area contributed by atoms with Gasteiger partial charge in [-0.1, -0.05) is 197 Å². The number of allylic oxidation sites excluding steroid dienone is 7. The van der Waals surface area contributed by atoms with Crippen LogP contribution in [-0.2, 0) is 18.4 Å². The van der Waals surface area contributed by atoms with Crippen LogP contribution in [0.1, 0.15) is 226 Å². The first-order valence-corrected chi connectivity index (χ1v) is 27.0. The molecule has 0 bridgehead atoms. The lowest BCUT2D eigenvalue weighted by molar-refractivity contribution is -0.870. The van der Waals surface area contributed by atoms with E-state index in [0.717, 1.165) is 44.9 Å². The second-order valence-electron chi connectivity index (χ2n) is 18.5. The highest BCUT2D eigenvalue weighted by molar-refractivity contribution is 7.47. The summed E-state index contributed by atoms with van der Waals surface area (Å²) >= 11 is 0. The first-order chi connectivity index (χ1) is 29.5. The maximum absolute atomic E-state index is 12.9. The van der Waals surface area contributed by atoms with Gasteiger partial charge in [-0.15, -0.1) is 0 Å². The number of phosphoric acid groups is 1. The van der Waals surface area contributed by atoms with Gasteiger partial charge in [-0.05, 0) is 70.6 Å². The molecule has 0 aromatic rings. The van der Waals surface area contributed by atoms with Crippen LogP contribution in [0, 0.1) is 0 Å². The largest absolute Gasteiger partial charge is 0.472 e. The fourth-order valence-electron chi connectivity index (χ4n) is 7.19. The first-order valence-electron chi connectivity index (χ1n) is 25.5. The summed E-state index contributed by atoms with van der Waals surface area (Å²) in [5, 5.41) is 13.9. The average Bonchev–Trinajstić information content (AvgIpc) is 3.21. The number of hydrogen-bond donors (Lipinski definition) is 3. The zero-order valence-electron chi connectivity index (χ0n) is 40.7. The van der Waals surface area contributed by atoms with Crippen molar-refractivity contribution in [2.45, 2.75) is 238 Å². The van der Waals surface area contributed by atoms with Crippen molar-refractivity contribution in [2.24, 2.45) is 0 Å². The fourth-order valence-corrected chi connectivity index (χ4v) is 7.92. The normalized spacial score (nSPS) is 14.5. The third-order valence-electron chi connectivity index (χ3n) is 11.2. The molecule has 0 aliphatic heterocycles. The zero-order chi connectivity index (χ0) is 45.0.